The number of nitrogens with zero attached hydrogens (tertiary/aromatic N) is 1. The van der Waals surface area contributed by atoms with Crippen molar-refractivity contribution in [3.8, 4) is 0 Å². The van der Waals surface area contributed by atoms with Crippen molar-refractivity contribution in [3.63, 3.8) is 0 Å². The Bertz CT molecular complexity index is 447. The summed E-state index contributed by atoms with van der Waals surface area (Å²) < 4.78 is 6.35. The number of carbonyl (C=O) groups is 1. The van der Waals surface area contributed by atoms with Gasteiger partial charge in [0.25, 0.3) is 0 Å². The number of halogens is 2. The number of nitrogens with one attached hydrogen (secondary N) is 1. The number of hydrogen-bond acceptors (Lipinski definition) is 4. The quantitative estimate of drug-likeness (QED) is 0.849. The number of nitrogens with two attached hydrogens (primary N) is 1. The Labute approximate surface area is 133 Å². The summed E-state index contributed by atoms with van der Waals surface area (Å²) in [6.07, 6.45) is 0.0324. The molecule has 1 aromatic carbocycles. The fourth-order valence-electron chi connectivity index (χ4n) is 2.02. The summed E-state index contributed by atoms with van der Waals surface area (Å²) >= 11 is 3.41. The third kappa shape index (κ3) is 5.03. The second-order valence-corrected chi connectivity index (χ2v) is 5.35. The van der Waals surface area contributed by atoms with Crippen molar-refractivity contribution in [1.82, 2.24) is 4.90 Å². The molecule has 3 N–H and O–H groups in total. The molecule has 7 heteroatoms. The Morgan fingerprint density at radius 2 is 2.25 bits per heavy atom. The fraction of sp³-hybridized carbons (Fsp3) is 0.462. The molecule has 2 rings (SSSR count). The molecule has 112 valence electrons. The molecular weight excluding hydrogens is 346 g/mol. The van der Waals surface area contributed by atoms with Crippen molar-refractivity contribution < 1.29 is 9.53 Å². The molecule has 1 heterocycles. The largest absolute Gasteiger partial charge is 0.374 e. The molecule has 0 spiro atoms. The van der Waals surface area contributed by atoms with Gasteiger partial charge in [0.2, 0.25) is 5.91 Å². The molecule has 20 heavy (non-hydrogen) atoms. The van der Waals surface area contributed by atoms with E-state index in [-0.39, 0.29) is 24.4 Å². The summed E-state index contributed by atoms with van der Waals surface area (Å²) in [4.78, 5) is 14.0. The molecule has 1 aromatic rings. The van der Waals surface area contributed by atoms with Crippen molar-refractivity contribution >= 4 is 39.9 Å². The van der Waals surface area contributed by atoms with Crippen LogP contribution in [0.4, 0.5) is 5.69 Å². The minimum absolute atomic E-state index is 0. The maximum atomic E-state index is 12.0. The molecule has 0 bridgehead atoms. The summed E-state index contributed by atoms with van der Waals surface area (Å²) in [5, 5.41) is 2.89. The molecule has 1 amide bonds. The fourth-order valence-corrected chi connectivity index (χ4v) is 2.41. The number of amides is 1. The highest BCUT2D eigenvalue weighted by atomic mass is 79.9. The lowest BCUT2D eigenvalue weighted by molar-refractivity contribution is -0.119. The van der Waals surface area contributed by atoms with Crippen LogP contribution in [0.2, 0.25) is 0 Å². The first kappa shape index (κ1) is 17.4. The van der Waals surface area contributed by atoms with Crippen LogP contribution in [0.15, 0.2) is 28.7 Å². The number of hydrogen-bond donors (Lipinski definition) is 2. The van der Waals surface area contributed by atoms with Crippen molar-refractivity contribution in [3.05, 3.63) is 28.7 Å². The Hall–Kier alpha value is -0.660. The summed E-state index contributed by atoms with van der Waals surface area (Å²) in [6.45, 7) is 2.95. The van der Waals surface area contributed by atoms with E-state index in [2.05, 4.69) is 26.1 Å². The highest BCUT2D eigenvalue weighted by Gasteiger charge is 2.21. The molecular formula is C13H19BrClN3O2. The minimum Gasteiger partial charge on any atom is -0.374 e. The standard InChI is InChI=1S/C13H18BrN3O2.ClH/c14-11-3-1-2-4-12(11)16-13(18)9-17-5-6-19-10(7-15)8-17;/h1-4,10H,5-9,15H2,(H,16,18);1H. The van der Waals surface area contributed by atoms with Gasteiger partial charge in [0.1, 0.15) is 0 Å². The van der Waals surface area contributed by atoms with Crippen LogP contribution in [0.3, 0.4) is 0 Å². The number of ether oxygens (including phenoxy) is 1. The van der Waals surface area contributed by atoms with Gasteiger partial charge in [-0.25, -0.2) is 0 Å². The highest BCUT2D eigenvalue weighted by molar-refractivity contribution is 9.10. The van der Waals surface area contributed by atoms with Crippen LogP contribution in [0.5, 0.6) is 0 Å². The number of morpholine rings is 1. The van der Waals surface area contributed by atoms with Crippen molar-refractivity contribution in [2.24, 2.45) is 5.73 Å². The monoisotopic (exact) mass is 363 g/mol. The Morgan fingerprint density at radius 1 is 1.50 bits per heavy atom. The molecule has 1 saturated heterocycles. The topological polar surface area (TPSA) is 67.6 Å². The van der Waals surface area contributed by atoms with Crippen LogP contribution in [0, 0.1) is 0 Å². The molecule has 5 nitrogen and oxygen atoms in total. The van der Waals surface area contributed by atoms with Gasteiger partial charge in [0.15, 0.2) is 0 Å². The average molecular weight is 365 g/mol. The molecule has 0 aliphatic carbocycles. The van der Waals surface area contributed by atoms with E-state index in [9.17, 15) is 4.79 Å². The smallest absolute Gasteiger partial charge is 0.238 e. The highest BCUT2D eigenvalue weighted by Crippen LogP contribution is 2.21. The van der Waals surface area contributed by atoms with E-state index >= 15 is 0 Å². The van der Waals surface area contributed by atoms with Gasteiger partial charge in [0, 0.05) is 24.1 Å². The molecule has 0 aromatic heterocycles. The molecule has 1 fully saturated rings. The van der Waals surface area contributed by atoms with E-state index in [1.165, 1.54) is 0 Å². The van der Waals surface area contributed by atoms with E-state index in [0.29, 0.717) is 26.2 Å². The summed E-state index contributed by atoms with van der Waals surface area (Å²) in [5.74, 6) is -0.0235. The first-order valence-corrected chi connectivity index (χ1v) is 7.06. The Kier molecular flexibility index (Phi) is 7.47. The normalized spacial score (nSPS) is 19.2. The van der Waals surface area contributed by atoms with Crippen LogP contribution in [0.1, 0.15) is 0 Å². The zero-order valence-corrected chi connectivity index (χ0v) is 13.5. The van der Waals surface area contributed by atoms with Crippen LogP contribution in [-0.4, -0.2) is 49.7 Å². The number of para-hydroxylation sites is 1. The molecule has 1 aliphatic rings. The lowest BCUT2D eigenvalue weighted by atomic mass is 10.2. The van der Waals surface area contributed by atoms with Gasteiger partial charge in [-0.2, -0.15) is 0 Å². The third-order valence-electron chi connectivity index (χ3n) is 3.00. The maximum absolute atomic E-state index is 12.0. The van der Waals surface area contributed by atoms with Gasteiger partial charge in [-0.3, -0.25) is 9.69 Å². The van der Waals surface area contributed by atoms with Crippen LogP contribution in [0.25, 0.3) is 0 Å². The molecule has 0 saturated carbocycles. The average Bonchev–Trinajstić information content (AvgIpc) is 2.41. The van der Waals surface area contributed by atoms with Crippen LogP contribution in [-0.2, 0) is 9.53 Å². The van der Waals surface area contributed by atoms with E-state index in [1.807, 2.05) is 24.3 Å². The van der Waals surface area contributed by atoms with E-state index in [0.717, 1.165) is 16.7 Å². The Morgan fingerprint density at radius 3 is 2.95 bits per heavy atom. The predicted molar refractivity (Wildman–Crippen MR) is 85.3 cm³/mol. The number of rotatable bonds is 4. The zero-order valence-electron chi connectivity index (χ0n) is 11.0. The summed E-state index contributed by atoms with van der Waals surface area (Å²) in [7, 11) is 0. The van der Waals surface area contributed by atoms with Crippen molar-refractivity contribution in [2.45, 2.75) is 6.10 Å². The van der Waals surface area contributed by atoms with Gasteiger partial charge in [-0.15, -0.1) is 12.4 Å². The SMILES string of the molecule is Cl.NCC1CN(CC(=O)Nc2ccccc2Br)CCO1. The summed E-state index contributed by atoms with van der Waals surface area (Å²) in [6, 6.07) is 7.56. The second kappa shape index (κ2) is 8.59. The number of anilines is 1. The third-order valence-corrected chi connectivity index (χ3v) is 3.69. The van der Waals surface area contributed by atoms with Crippen molar-refractivity contribution in [1.29, 1.82) is 0 Å². The van der Waals surface area contributed by atoms with Gasteiger partial charge in [-0.05, 0) is 28.1 Å². The molecule has 0 radical (unpaired) electrons. The van der Waals surface area contributed by atoms with E-state index < -0.39 is 0 Å². The molecule has 1 unspecified atom stereocenters. The Balaban J connectivity index is 0.00000200. The summed E-state index contributed by atoms with van der Waals surface area (Å²) in [5.41, 5.74) is 6.37. The number of carbonyl (C=O) groups excluding carboxylic acids is 1. The number of benzene rings is 1. The molecule has 1 atom stereocenters. The van der Waals surface area contributed by atoms with Crippen LogP contribution >= 0.6 is 28.3 Å². The first-order valence-electron chi connectivity index (χ1n) is 6.27. The lowest BCUT2D eigenvalue weighted by Crippen LogP contribution is -2.48. The second-order valence-electron chi connectivity index (χ2n) is 4.49. The van der Waals surface area contributed by atoms with Gasteiger partial charge < -0.3 is 15.8 Å². The van der Waals surface area contributed by atoms with Gasteiger partial charge in [-0.1, -0.05) is 12.1 Å². The molecule has 1 aliphatic heterocycles. The van der Waals surface area contributed by atoms with Crippen molar-refractivity contribution in [2.75, 3.05) is 38.1 Å². The van der Waals surface area contributed by atoms with Crippen LogP contribution < -0.4 is 11.1 Å². The minimum atomic E-state index is -0.0235. The first-order chi connectivity index (χ1) is 9.19. The maximum Gasteiger partial charge on any atom is 0.238 e. The van der Waals surface area contributed by atoms with Gasteiger partial charge >= 0.3 is 0 Å². The van der Waals surface area contributed by atoms with E-state index in [1.54, 1.807) is 0 Å². The van der Waals surface area contributed by atoms with E-state index in [4.69, 9.17) is 10.5 Å². The van der Waals surface area contributed by atoms with Gasteiger partial charge in [0.05, 0.1) is 24.9 Å². The lowest BCUT2D eigenvalue weighted by Gasteiger charge is -2.31. The predicted octanol–water partition coefficient (Wildman–Crippen LogP) is 1.47. The zero-order chi connectivity index (χ0) is 13.7.